The Hall–Kier alpha value is -2.47. The molecule has 0 radical (unpaired) electrons. The van der Waals surface area contributed by atoms with E-state index in [1.54, 1.807) is 6.07 Å². The van der Waals surface area contributed by atoms with E-state index < -0.39 is 0 Å². The smallest absolute Gasteiger partial charge is 0.336 e. The van der Waals surface area contributed by atoms with Crippen molar-refractivity contribution in [2.45, 2.75) is 84.2 Å². The Morgan fingerprint density at radius 1 is 1.03 bits per heavy atom. The van der Waals surface area contributed by atoms with E-state index in [0.717, 1.165) is 54.9 Å². The molecule has 2 aromatic rings. The van der Waals surface area contributed by atoms with Crippen LogP contribution in [0.3, 0.4) is 0 Å². The summed E-state index contributed by atoms with van der Waals surface area (Å²) in [5.74, 6) is 3.06. The number of para-hydroxylation sites is 1. The molecule has 4 aliphatic rings. The fourth-order valence-corrected chi connectivity index (χ4v) is 9.22. The van der Waals surface area contributed by atoms with Gasteiger partial charge in [0.15, 0.2) is 0 Å². The first-order valence-electron chi connectivity index (χ1n) is 14.7. The number of ketones is 1. The van der Waals surface area contributed by atoms with Crippen molar-refractivity contribution < 1.29 is 18.7 Å². The highest BCUT2D eigenvalue weighted by Crippen LogP contribution is 2.66. The zero-order chi connectivity index (χ0) is 26.5. The zero-order valence-electron chi connectivity index (χ0n) is 22.8. The van der Waals surface area contributed by atoms with Gasteiger partial charge in [0.2, 0.25) is 5.91 Å². The van der Waals surface area contributed by atoms with Crippen LogP contribution in [0.5, 0.6) is 0 Å². The fourth-order valence-electron chi connectivity index (χ4n) is 9.22. The summed E-state index contributed by atoms with van der Waals surface area (Å²) in [6.07, 6.45) is 10.4. The molecule has 1 heterocycles. The van der Waals surface area contributed by atoms with Gasteiger partial charge in [0, 0.05) is 30.8 Å². The highest BCUT2D eigenvalue weighted by molar-refractivity contribution is 5.81. The highest BCUT2D eigenvalue weighted by Gasteiger charge is 2.60. The van der Waals surface area contributed by atoms with Crippen molar-refractivity contribution in [3.05, 3.63) is 46.3 Å². The number of Topliss-reactive ketones (excluding diaryl/α,β-unsaturated/α-hetero) is 1. The Bertz CT molecular complexity index is 1280. The van der Waals surface area contributed by atoms with E-state index >= 15 is 0 Å². The molecule has 1 amide bonds. The quantitative estimate of drug-likeness (QED) is 0.513. The minimum Gasteiger partial charge on any atom is -0.423 e. The maximum absolute atomic E-state index is 12.7. The Kier molecular flexibility index (Phi) is 6.74. The van der Waals surface area contributed by atoms with Crippen LogP contribution in [0.1, 0.15) is 77.2 Å². The number of amides is 1. The number of nitrogens with one attached hydrogen (secondary N) is 1. The predicted octanol–water partition coefficient (Wildman–Crippen LogP) is 5.45. The van der Waals surface area contributed by atoms with Crippen LogP contribution in [0.4, 0.5) is 0 Å². The van der Waals surface area contributed by atoms with Crippen molar-refractivity contribution in [1.29, 1.82) is 0 Å². The second-order valence-electron chi connectivity index (χ2n) is 13.0. The number of fused-ring (bicyclic) bond motifs is 6. The van der Waals surface area contributed by atoms with Gasteiger partial charge < -0.3 is 14.5 Å². The molecule has 0 saturated heterocycles. The van der Waals surface area contributed by atoms with Crippen molar-refractivity contribution in [3.8, 4) is 0 Å². The molecule has 0 aliphatic heterocycles. The lowest BCUT2D eigenvalue weighted by Gasteiger charge is -2.60. The van der Waals surface area contributed by atoms with Gasteiger partial charge in [-0.15, -0.1) is 0 Å². The van der Waals surface area contributed by atoms with Gasteiger partial charge in [0.05, 0.1) is 6.10 Å². The van der Waals surface area contributed by atoms with E-state index in [2.05, 4.69) is 19.2 Å². The zero-order valence-corrected chi connectivity index (χ0v) is 22.8. The lowest BCUT2D eigenvalue weighted by molar-refractivity contribution is -0.148. The van der Waals surface area contributed by atoms with Gasteiger partial charge in [0.1, 0.15) is 18.0 Å². The summed E-state index contributed by atoms with van der Waals surface area (Å²) in [6.45, 7) is 5.43. The lowest BCUT2D eigenvalue weighted by Crippen LogP contribution is -2.54. The summed E-state index contributed by atoms with van der Waals surface area (Å²) < 4.78 is 11.6. The van der Waals surface area contributed by atoms with Crippen LogP contribution in [0.15, 0.2) is 39.5 Å². The molecule has 1 aromatic carbocycles. The standard InChI is InChI=1S/C32H41NO5/c1-31-14-11-22(34)18-21(31)7-8-24-25-9-10-28(32(25,2)15-12-26(24)31)37-19-29(35)33-16-13-20-17-30(36)38-27-6-4-3-5-23(20)27/h3-6,17,21,24-26,28H,7-16,18-19H2,1-2H3,(H,33,35)/t21-,24-,25-,26-,28-,31-,32-/m0/s1. The topological polar surface area (TPSA) is 85.6 Å². The van der Waals surface area contributed by atoms with Crippen molar-refractivity contribution >= 4 is 22.7 Å². The molecule has 204 valence electrons. The molecule has 0 bridgehead atoms. The summed E-state index contributed by atoms with van der Waals surface area (Å²) in [4.78, 5) is 36.8. The Balaban J connectivity index is 1.04. The second-order valence-corrected chi connectivity index (χ2v) is 13.0. The second kappa shape index (κ2) is 9.93. The van der Waals surface area contributed by atoms with Crippen LogP contribution in [0, 0.1) is 34.5 Å². The van der Waals surface area contributed by atoms with E-state index in [0.29, 0.717) is 41.6 Å². The molecule has 4 saturated carbocycles. The average Bonchev–Trinajstić information content (AvgIpc) is 3.24. The highest BCUT2D eigenvalue weighted by atomic mass is 16.5. The third-order valence-corrected chi connectivity index (χ3v) is 11.3. The summed E-state index contributed by atoms with van der Waals surface area (Å²) >= 11 is 0. The first-order valence-corrected chi connectivity index (χ1v) is 14.7. The molecule has 7 atom stereocenters. The SMILES string of the molecule is C[C@]12CCC(=O)C[C@@H]1CC[C@@H]1[C@@H]2CC[C@]2(C)[C@@H](OCC(=O)NCCc3cc(=O)oc4ccccc34)CC[C@@H]12. The number of rotatable bonds is 6. The lowest BCUT2D eigenvalue weighted by atomic mass is 9.45. The summed E-state index contributed by atoms with van der Waals surface area (Å²) in [5.41, 5.74) is 1.54. The Labute approximate surface area is 224 Å². The molecule has 4 fully saturated rings. The molecule has 6 heteroatoms. The van der Waals surface area contributed by atoms with Crippen molar-refractivity contribution in [2.75, 3.05) is 13.2 Å². The van der Waals surface area contributed by atoms with Crippen LogP contribution < -0.4 is 10.9 Å². The molecule has 4 aliphatic carbocycles. The summed E-state index contributed by atoms with van der Waals surface area (Å²) in [6, 6.07) is 9.00. The van der Waals surface area contributed by atoms with Crippen LogP contribution in [-0.2, 0) is 20.7 Å². The average molecular weight is 520 g/mol. The maximum atomic E-state index is 12.7. The fraction of sp³-hybridized carbons (Fsp3) is 0.656. The molecule has 6 rings (SSSR count). The van der Waals surface area contributed by atoms with Gasteiger partial charge in [-0.1, -0.05) is 32.0 Å². The first kappa shape index (κ1) is 25.8. The molecule has 1 aromatic heterocycles. The van der Waals surface area contributed by atoms with E-state index in [-0.39, 0.29) is 29.7 Å². The van der Waals surface area contributed by atoms with E-state index in [1.807, 2.05) is 18.2 Å². The number of carbonyl (C=O) groups is 2. The molecule has 6 nitrogen and oxygen atoms in total. The van der Waals surface area contributed by atoms with Gasteiger partial charge in [0.25, 0.3) is 0 Å². The van der Waals surface area contributed by atoms with Crippen LogP contribution >= 0.6 is 0 Å². The third-order valence-electron chi connectivity index (χ3n) is 11.3. The minimum atomic E-state index is -0.369. The van der Waals surface area contributed by atoms with Crippen LogP contribution in [0.25, 0.3) is 11.0 Å². The van der Waals surface area contributed by atoms with Crippen molar-refractivity contribution in [2.24, 2.45) is 34.5 Å². The summed E-state index contributed by atoms with van der Waals surface area (Å²) in [7, 11) is 0. The number of benzene rings is 1. The molecule has 0 unspecified atom stereocenters. The molecule has 38 heavy (non-hydrogen) atoms. The van der Waals surface area contributed by atoms with E-state index in [1.165, 1.54) is 31.7 Å². The van der Waals surface area contributed by atoms with Gasteiger partial charge in [-0.3, -0.25) is 9.59 Å². The predicted molar refractivity (Wildman–Crippen MR) is 146 cm³/mol. The van der Waals surface area contributed by atoms with Gasteiger partial charge in [-0.05, 0) is 97.5 Å². The normalized spacial score (nSPS) is 36.4. The van der Waals surface area contributed by atoms with E-state index in [9.17, 15) is 14.4 Å². The van der Waals surface area contributed by atoms with Crippen molar-refractivity contribution in [1.82, 2.24) is 5.32 Å². The molecular formula is C32H41NO5. The first-order chi connectivity index (χ1) is 18.3. The van der Waals surface area contributed by atoms with Gasteiger partial charge >= 0.3 is 5.63 Å². The summed E-state index contributed by atoms with van der Waals surface area (Å²) in [5, 5.41) is 3.89. The monoisotopic (exact) mass is 519 g/mol. The van der Waals surface area contributed by atoms with E-state index in [4.69, 9.17) is 9.15 Å². The maximum Gasteiger partial charge on any atom is 0.336 e. The van der Waals surface area contributed by atoms with Crippen LogP contribution in [-0.4, -0.2) is 30.9 Å². The van der Waals surface area contributed by atoms with Gasteiger partial charge in [-0.25, -0.2) is 4.79 Å². The Morgan fingerprint density at radius 3 is 2.71 bits per heavy atom. The molecular weight excluding hydrogens is 478 g/mol. The number of hydrogen-bond donors (Lipinski definition) is 1. The van der Waals surface area contributed by atoms with Crippen LogP contribution in [0.2, 0.25) is 0 Å². The number of carbonyl (C=O) groups excluding carboxylic acids is 2. The largest absolute Gasteiger partial charge is 0.423 e. The number of ether oxygens (including phenoxy) is 1. The third kappa shape index (κ3) is 4.43. The van der Waals surface area contributed by atoms with Gasteiger partial charge in [-0.2, -0.15) is 0 Å². The Morgan fingerprint density at radius 2 is 1.84 bits per heavy atom. The molecule has 0 spiro atoms. The number of hydrogen-bond acceptors (Lipinski definition) is 5. The minimum absolute atomic E-state index is 0.0840. The molecule has 1 N–H and O–H groups in total. The van der Waals surface area contributed by atoms with Crippen molar-refractivity contribution in [3.63, 3.8) is 0 Å².